The molecular formula is C15H23NO. The molecule has 1 atom stereocenters. The van der Waals surface area contributed by atoms with Crippen LogP contribution in [0.2, 0.25) is 0 Å². The van der Waals surface area contributed by atoms with Gasteiger partial charge >= 0.3 is 0 Å². The van der Waals surface area contributed by atoms with Crippen LogP contribution in [0, 0.1) is 19.3 Å². The minimum absolute atomic E-state index is 0.0194. The number of hydrogen-bond donors (Lipinski definition) is 1. The summed E-state index contributed by atoms with van der Waals surface area (Å²) in [6, 6.07) is 6.59. The maximum atomic E-state index is 10.00. The lowest BCUT2D eigenvalue weighted by molar-refractivity contribution is 0.0336. The molecule has 2 heteroatoms. The van der Waals surface area contributed by atoms with Gasteiger partial charge in [0.25, 0.3) is 0 Å². The van der Waals surface area contributed by atoms with Crippen molar-refractivity contribution < 1.29 is 5.11 Å². The molecule has 0 aliphatic carbocycles. The number of benzene rings is 1. The van der Waals surface area contributed by atoms with E-state index in [1.807, 2.05) is 0 Å². The predicted molar refractivity (Wildman–Crippen MR) is 72.5 cm³/mol. The Labute approximate surface area is 104 Å². The Balaban J connectivity index is 2.26. The van der Waals surface area contributed by atoms with E-state index in [4.69, 9.17) is 0 Å². The molecule has 1 aromatic rings. The molecule has 0 spiro atoms. The van der Waals surface area contributed by atoms with Crippen LogP contribution in [0.4, 0.5) is 5.69 Å². The lowest BCUT2D eigenvalue weighted by atomic mass is 9.81. The van der Waals surface area contributed by atoms with E-state index >= 15 is 0 Å². The molecule has 1 fully saturated rings. The topological polar surface area (TPSA) is 23.5 Å². The molecule has 1 heterocycles. The van der Waals surface area contributed by atoms with Gasteiger partial charge in [-0.2, -0.15) is 0 Å². The molecule has 1 N–H and O–H groups in total. The van der Waals surface area contributed by atoms with Gasteiger partial charge in [-0.1, -0.05) is 26.0 Å². The van der Waals surface area contributed by atoms with Crippen molar-refractivity contribution in [3.8, 4) is 0 Å². The van der Waals surface area contributed by atoms with Crippen LogP contribution < -0.4 is 4.90 Å². The molecule has 0 saturated carbocycles. The van der Waals surface area contributed by atoms with E-state index in [9.17, 15) is 5.11 Å². The number of aliphatic hydroxyl groups excluding tert-OH is 1. The van der Waals surface area contributed by atoms with Crippen LogP contribution in [0.15, 0.2) is 18.2 Å². The Morgan fingerprint density at radius 3 is 2.65 bits per heavy atom. The molecule has 2 nitrogen and oxygen atoms in total. The lowest BCUT2D eigenvalue weighted by Gasteiger charge is -2.43. The Morgan fingerprint density at radius 1 is 1.29 bits per heavy atom. The fourth-order valence-electron chi connectivity index (χ4n) is 2.61. The number of hydrogen-bond acceptors (Lipinski definition) is 2. The van der Waals surface area contributed by atoms with Crippen molar-refractivity contribution in [1.82, 2.24) is 0 Å². The van der Waals surface area contributed by atoms with Crippen LogP contribution in [0.1, 0.15) is 31.4 Å². The first-order chi connectivity index (χ1) is 7.90. The summed E-state index contributed by atoms with van der Waals surface area (Å²) in [5.74, 6) is 0. The summed E-state index contributed by atoms with van der Waals surface area (Å²) in [4.78, 5) is 2.41. The summed E-state index contributed by atoms with van der Waals surface area (Å²) < 4.78 is 0. The highest BCUT2D eigenvalue weighted by molar-refractivity contribution is 5.55. The van der Waals surface area contributed by atoms with Crippen molar-refractivity contribution >= 4 is 5.69 Å². The van der Waals surface area contributed by atoms with Crippen molar-refractivity contribution in [2.45, 2.75) is 40.2 Å². The number of aliphatic hydroxyl groups is 1. The Kier molecular flexibility index (Phi) is 3.17. The highest BCUT2D eigenvalue weighted by atomic mass is 16.3. The summed E-state index contributed by atoms with van der Waals surface area (Å²) in [6.45, 7) is 10.5. The van der Waals surface area contributed by atoms with Crippen LogP contribution in [-0.4, -0.2) is 24.3 Å². The first kappa shape index (κ1) is 12.4. The Hall–Kier alpha value is -1.02. The third-order valence-corrected chi connectivity index (χ3v) is 3.88. The molecule has 0 bridgehead atoms. The average molecular weight is 233 g/mol. The van der Waals surface area contributed by atoms with Crippen LogP contribution in [0.5, 0.6) is 0 Å². The van der Waals surface area contributed by atoms with Gasteiger partial charge in [-0.3, -0.25) is 0 Å². The van der Waals surface area contributed by atoms with E-state index in [-0.39, 0.29) is 11.5 Å². The zero-order valence-electron chi connectivity index (χ0n) is 11.3. The van der Waals surface area contributed by atoms with Gasteiger partial charge in [-0.25, -0.2) is 0 Å². The van der Waals surface area contributed by atoms with Gasteiger partial charge in [0.15, 0.2) is 0 Å². The first-order valence-corrected chi connectivity index (χ1v) is 6.40. The minimum atomic E-state index is -0.177. The van der Waals surface area contributed by atoms with Crippen LogP contribution in [0.3, 0.4) is 0 Å². The molecule has 1 aliphatic rings. The van der Waals surface area contributed by atoms with Crippen molar-refractivity contribution in [1.29, 1.82) is 0 Å². The van der Waals surface area contributed by atoms with Gasteiger partial charge in [0.05, 0.1) is 6.10 Å². The predicted octanol–water partition coefficient (Wildman–Crippen LogP) is 2.90. The average Bonchev–Trinajstić information content (AvgIpc) is 2.25. The molecule has 1 saturated heterocycles. The van der Waals surface area contributed by atoms with E-state index in [1.165, 1.54) is 16.8 Å². The zero-order chi connectivity index (χ0) is 12.6. The van der Waals surface area contributed by atoms with Gasteiger partial charge in [0, 0.05) is 24.2 Å². The van der Waals surface area contributed by atoms with Crippen molar-refractivity contribution in [2.75, 3.05) is 18.0 Å². The molecule has 0 radical (unpaired) electrons. The highest BCUT2D eigenvalue weighted by Crippen LogP contribution is 2.33. The molecular weight excluding hydrogens is 210 g/mol. The first-order valence-electron chi connectivity index (χ1n) is 6.40. The standard InChI is InChI=1S/C15H23NO/c1-11-5-6-12(2)13(9-11)16-8-7-14(17)15(3,4)10-16/h5-6,9,14,17H,7-8,10H2,1-4H3. The van der Waals surface area contributed by atoms with E-state index in [2.05, 4.69) is 50.8 Å². The second kappa shape index (κ2) is 4.34. The van der Waals surface area contributed by atoms with Gasteiger partial charge in [0.1, 0.15) is 0 Å². The molecule has 94 valence electrons. The van der Waals surface area contributed by atoms with Crippen molar-refractivity contribution in [3.05, 3.63) is 29.3 Å². The second-order valence-electron chi connectivity index (χ2n) is 6.00. The van der Waals surface area contributed by atoms with Gasteiger partial charge in [-0.15, -0.1) is 0 Å². The summed E-state index contributed by atoms with van der Waals surface area (Å²) in [7, 11) is 0. The summed E-state index contributed by atoms with van der Waals surface area (Å²) in [6.07, 6.45) is 0.685. The molecule has 0 amide bonds. The number of nitrogens with zero attached hydrogens (tertiary/aromatic N) is 1. The SMILES string of the molecule is Cc1ccc(C)c(N2CCC(O)C(C)(C)C2)c1. The number of piperidine rings is 1. The van der Waals surface area contributed by atoms with Crippen LogP contribution >= 0.6 is 0 Å². The van der Waals surface area contributed by atoms with E-state index in [0.717, 1.165) is 19.5 Å². The van der Waals surface area contributed by atoms with Crippen LogP contribution in [-0.2, 0) is 0 Å². The van der Waals surface area contributed by atoms with Gasteiger partial charge in [-0.05, 0) is 37.5 Å². The Bertz CT molecular complexity index is 411. The summed E-state index contributed by atoms with van der Waals surface area (Å²) in [5.41, 5.74) is 3.93. The number of rotatable bonds is 1. The lowest BCUT2D eigenvalue weighted by Crippen LogP contribution is -2.48. The Morgan fingerprint density at radius 2 is 2.00 bits per heavy atom. The van der Waals surface area contributed by atoms with Gasteiger partial charge in [0.2, 0.25) is 0 Å². The van der Waals surface area contributed by atoms with Crippen molar-refractivity contribution in [3.63, 3.8) is 0 Å². The molecule has 17 heavy (non-hydrogen) atoms. The molecule has 2 rings (SSSR count). The maximum Gasteiger partial charge on any atom is 0.0624 e. The molecule has 0 aromatic heterocycles. The normalized spacial score (nSPS) is 23.8. The molecule has 1 unspecified atom stereocenters. The minimum Gasteiger partial charge on any atom is -0.392 e. The zero-order valence-corrected chi connectivity index (χ0v) is 11.3. The summed E-state index contributed by atoms with van der Waals surface area (Å²) >= 11 is 0. The fraction of sp³-hybridized carbons (Fsp3) is 0.600. The number of anilines is 1. The summed E-state index contributed by atoms with van der Waals surface area (Å²) in [5, 5.41) is 10.00. The van der Waals surface area contributed by atoms with E-state index < -0.39 is 0 Å². The van der Waals surface area contributed by atoms with Crippen LogP contribution in [0.25, 0.3) is 0 Å². The smallest absolute Gasteiger partial charge is 0.0624 e. The van der Waals surface area contributed by atoms with E-state index in [0.29, 0.717) is 0 Å². The van der Waals surface area contributed by atoms with Crippen molar-refractivity contribution in [2.24, 2.45) is 5.41 Å². The second-order valence-corrected chi connectivity index (χ2v) is 6.00. The third-order valence-electron chi connectivity index (χ3n) is 3.88. The fourth-order valence-corrected chi connectivity index (χ4v) is 2.61. The number of aryl methyl sites for hydroxylation is 2. The quantitative estimate of drug-likeness (QED) is 0.806. The maximum absolute atomic E-state index is 10.00. The highest BCUT2D eigenvalue weighted by Gasteiger charge is 2.34. The molecule has 1 aliphatic heterocycles. The monoisotopic (exact) mass is 233 g/mol. The largest absolute Gasteiger partial charge is 0.392 e. The van der Waals surface area contributed by atoms with E-state index in [1.54, 1.807) is 0 Å². The molecule has 1 aromatic carbocycles. The third kappa shape index (κ3) is 2.47. The van der Waals surface area contributed by atoms with Gasteiger partial charge < -0.3 is 10.0 Å².